The number of para-hydroxylation sites is 2. The van der Waals surface area contributed by atoms with E-state index in [-0.39, 0.29) is 11.5 Å². The van der Waals surface area contributed by atoms with E-state index >= 15 is 0 Å². The first kappa shape index (κ1) is 18.2. The first-order valence-electron chi connectivity index (χ1n) is 9.00. The van der Waals surface area contributed by atoms with Crippen LogP contribution in [0.3, 0.4) is 0 Å². The summed E-state index contributed by atoms with van der Waals surface area (Å²) in [7, 11) is 0. The summed E-state index contributed by atoms with van der Waals surface area (Å²) < 4.78 is 0. The van der Waals surface area contributed by atoms with E-state index in [0.29, 0.717) is 17.2 Å². The molecule has 4 rings (SSSR count). The fourth-order valence-electron chi connectivity index (χ4n) is 2.75. The van der Waals surface area contributed by atoms with Gasteiger partial charge >= 0.3 is 0 Å². The van der Waals surface area contributed by atoms with Gasteiger partial charge in [-0.15, -0.1) is 0 Å². The molecule has 0 amide bonds. The van der Waals surface area contributed by atoms with Gasteiger partial charge in [-0.1, -0.05) is 29.8 Å². The number of aliphatic imine (C=N–C) groups is 1. The highest BCUT2D eigenvalue weighted by Crippen LogP contribution is 2.21. The lowest BCUT2D eigenvalue weighted by Gasteiger charge is -2.04. The molecule has 0 unspecified atom stereocenters. The van der Waals surface area contributed by atoms with Gasteiger partial charge in [-0.3, -0.25) is 5.43 Å². The van der Waals surface area contributed by atoms with E-state index in [4.69, 9.17) is 0 Å². The molecule has 0 atom stereocenters. The average molecular weight is 385 g/mol. The molecule has 0 aliphatic rings. The van der Waals surface area contributed by atoms with Crippen molar-refractivity contribution in [3.8, 4) is 11.5 Å². The molecule has 1 heterocycles. The number of fused-ring (bicyclic) bond motifs is 1. The Balaban J connectivity index is 1.67. The average Bonchev–Trinajstić information content (AvgIpc) is 3.14. The van der Waals surface area contributed by atoms with Crippen molar-refractivity contribution in [2.75, 3.05) is 0 Å². The van der Waals surface area contributed by atoms with Gasteiger partial charge in [0.15, 0.2) is 11.7 Å². The van der Waals surface area contributed by atoms with Gasteiger partial charge in [0.2, 0.25) is 0 Å². The van der Waals surface area contributed by atoms with E-state index < -0.39 is 0 Å². The fraction of sp³-hybridized carbons (Fsp3) is 0.0455. The smallest absolute Gasteiger partial charge is 0.190 e. The maximum atomic E-state index is 9.90. The van der Waals surface area contributed by atoms with Crippen LogP contribution in [0.15, 0.2) is 76.8 Å². The number of nitrogens with one attached hydrogen (secondary N) is 2. The van der Waals surface area contributed by atoms with Gasteiger partial charge in [0.1, 0.15) is 11.5 Å². The number of aromatic nitrogens is 2. The molecule has 0 aliphatic heterocycles. The SMILES string of the molecule is Cc1ccc(N=C(N/N=C/c2ccc(O)cc2O)c2nc3ccccc3[nH]2)cc1. The summed E-state index contributed by atoms with van der Waals surface area (Å²) in [5.74, 6) is 0.881. The number of rotatable bonds is 4. The van der Waals surface area contributed by atoms with Gasteiger partial charge in [-0.2, -0.15) is 5.10 Å². The van der Waals surface area contributed by atoms with E-state index in [1.165, 1.54) is 18.3 Å². The second kappa shape index (κ2) is 7.85. The molecule has 3 aromatic carbocycles. The number of hydrazone groups is 1. The highest BCUT2D eigenvalue weighted by Gasteiger charge is 2.10. The molecule has 144 valence electrons. The number of imidazole rings is 1. The minimum absolute atomic E-state index is 0.0171. The van der Waals surface area contributed by atoms with E-state index in [1.807, 2.05) is 55.5 Å². The third-order valence-electron chi connectivity index (χ3n) is 4.28. The van der Waals surface area contributed by atoms with Gasteiger partial charge < -0.3 is 15.2 Å². The maximum absolute atomic E-state index is 9.90. The van der Waals surface area contributed by atoms with Crippen molar-refractivity contribution in [1.82, 2.24) is 15.4 Å². The Labute approximate surface area is 167 Å². The van der Waals surface area contributed by atoms with Crippen LogP contribution >= 0.6 is 0 Å². The number of amidine groups is 1. The van der Waals surface area contributed by atoms with Crippen molar-refractivity contribution in [3.05, 3.63) is 83.7 Å². The van der Waals surface area contributed by atoms with Crippen molar-refractivity contribution >= 4 is 28.8 Å². The summed E-state index contributed by atoms with van der Waals surface area (Å²) in [5.41, 5.74) is 6.96. The lowest BCUT2D eigenvalue weighted by molar-refractivity contribution is 0.450. The highest BCUT2D eigenvalue weighted by molar-refractivity contribution is 6.00. The number of benzene rings is 3. The minimum atomic E-state index is -0.0729. The number of aromatic hydroxyl groups is 2. The molecule has 4 N–H and O–H groups in total. The molecule has 1 aromatic heterocycles. The molecule has 0 saturated carbocycles. The maximum Gasteiger partial charge on any atom is 0.190 e. The molecule has 0 saturated heterocycles. The number of hydrogen-bond donors (Lipinski definition) is 4. The van der Waals surface area contributed by atoms with E-state index in [2.05, 4.69) is 25.5 Å². The zero-order valence-corrected chi connectivity index (χ0v) is 15.7. The molecular formula is C22H19N5O2. The molecule has 0 bridgehead atoms. The van der Waals surface area contributed by atoms with Gasteiger partial charge in [-0.25, -0.2) is 9.98 Å². The molecule has 29 heavy (non-hydrogen) atoms. The zero-order valence-electron chi connectivity index (χ0n) is 15.7. The van der Waals surface area contributed by atoms with Crippen molar-refractivity contribution in [2.24, 2.45) is 10.1 Å². The number of H-pyrrole nitrogens is 1. The van der Waals surface area contributed by atoms with E-state index in [1.54, 1.807) is 6.07 Å². The van der Waals surface area contributed by atoms with E-state index in [9.17, 15) is 10.2 Å². The highest BCUT2D eigenvalue weighted by atomic mass is 16.3. The number of nitrogens with zero attached hydrogens (tertiary/aromatic N) is 3. The van der Waals surface area contributed by atoms with Crippen LogP contribution in [0.25, 0.3) is 11.0 Å². The summed E-state index contributed by atoms with van der Waals surface area (Å²) in [6, 6.07) is 19.8. The standard InChI is InChI=1S/C22H19N5O2/c1-14-6-9-16(10-7-14)24-22(21-25-18-4-2-3-5-19(18)26-21)27-23-13-15-8-11-17(28)12-20(15)29/h2-13,28-29H,1H3,(H,24,27)(H,25,26)/b23-13+. The molecule has 0 aliphatic carbocycles. The van der Waals surface area contributed by atoms with Gasteiger partial charge in [-0.05, 0) is 43.3 Å². The molecule has 4 aromatic rings. The van der Waals surface area contributed by atoms with Crippen molar-refractivity contribution in [2.45, 2.75) is 6.92 Å². The van der Waals surface area contributed by atoms with Crippen LogP contribution in [-0.2, 0) is 0 Å². The largest absolute Gasteiger partial charge is 0.508 e. The predicted molar refractivity (Wildman–Crippen MR) is 114 cm³/mol. The van der Waals surface area contributed by atoms with Crippen LogP contribution in [-0.4, -0.2) is 32.2 Å². The lowest BCUT2D eigenvalue weighted by atomic mass is 10.2. The predicted octanol–water partition coefficient (Wildman–Crippen LogP) is 3.98. The Morgan fingerprint density at radius 3 is 2.59 bits per heavy atom. The Bertz CT molecular complexity index is 1180. The van der Waals surface area contributed by atoms with Crippen LogP contribution in [0, 0.1) is 6.92 Å². The number of phenolic OH excluding ortho intramolecular Hbond substituents is 2. The Kier molecular flexibility index (Phi) is 4.94. The normalized spacial score (nSPS) is 12.0. The van der Waals surface area contributed by atoms with Gasteiger partial charge in [0.25, 0.3) is 0 Å². The first-order chi connectivity index (χ1) is 14.1. The van der Waals surface area contributed by atoms with Crippen LogP contribution in [0.1, 0.15) is 17.0 Å². The Morgan fingerprint density at radius 1 is 1.03 bits per heavy atom. The topological polar surface area (TPSA) is 106 Å². The van der Waals surface area contributed by atoms with Crippen LogP contribution in [0.5, 0.6) is 11.5 Å². The number of phenols is 2. The molecule has 0 fully saturated rings. The monoisotopic (exact) mass is 385 g/mol. The molecule has 0 radical (unpaired) electrons. The minimum Gasteiger partial charge on any atom is -0.508 e. The third kappa shape index (κ3) is 4.24. The second-order valence-corrected chi connectivity index (χ2v) is 6.51. The summed E-state index contributed by atoms with van der Waals surface area (Å²) in [6.07, 6.45) is 1.45. The third-order valence-corrected chi connectivity index (χ3v) is 4.28. The summed E-state index contributed by atoms with van der Waals surface area (Å²) in [6.45, 7) is 2.01. The number of hydrogen-bond acceptors (Lipinski definition) is 5. The summed E-state index contributed by atoms with van der Waals surface area (Å²) in [5, 5.41) is 23.5. The number of aryl methyl sites for hydroxylation is 1. The lowest BCUT2D eigenvalue weighted by Crippen LogP contribution is -2.20. The molecular weight excluding hydrogens is 366 g/mol. The van der Waals surface area contributed by atoms with Crippen molar-refractivity contribution in [3.63, 3.8) is 0 Å². The Hall–Kier alpha value is -4.13. The summed E-state index contributed by atoms with van der Waals surface area (Å²) in [4.78, 5) is 12.4. The molecule has 0 spiro atoms. The van der Waals surface area contributed by atoms with Gasteiger partial charge in [0.05, 0.1) is 22.9 Å². The first-order valence-corrected chi connectivity index (χ1v) is 9.00. The van der Waals surface area contributed by atoms with Crippen molar-refractivity contribution in [1.29, 1.82) is 0 Å². The van der Waals surface area contributed by atoms with Crippen LogP contribution in [0.2, 0.25) is 0 Å². The quantitative estimate of drug-likeness (QED) is 0.242. The fourth-order valence-corrected chi connectivity index (χ4v) is 2.75. The van der Waals surface area contributed by atoms with E-state index in [0.717, 1.165) is 22.3 Å². The zero-order chi connectivity index (χ0) is 20.2. The number of aromatic amines is 1. The Morgan fingerprint density at radius 2 is 1.83 bits per heavy atom. The van der Waals surface area contributed by atoms with Crippen LogP contribution < -0.4 is 5.43 Å². The molecule has 7 nitrogen and oxygen atoms in total. The van der Waals surface area contributed by atoms with Crippen LogP contribution in [0.4, 0.5) is 5.69 Å². The summed E-state index contributed by atoms with van der Waals surface area (Å²) >= 11 is 0. The van der Waals surface area contributed by atoms with Gasteiger partial charge in [0, 0.05) is 11.6 Å². The molecule has 7 heteroatoms. The second-order valence-electron chi connectivity index (χ2n) is 6.51. The van der Waals surface area contributed by atoms with Crippen molar-refractivity contribution < 1.29 is 10.2 Å².